The molecule has 0 amide bonds. The molecule has 1 aliphatic carbocycles. The maximum absolute atomic E-state index is 14.1. The van der Waals surface area contributed by atoms with E-state index in [2.05, 4.69) is 34.7 Å². The summed E-state index contributed by atoms with van der Waals surface area (Å²) < 4.78 is 16.4. The van der Waals surface area contributed by atoms with Crippen molar-refractivity contribution >= 4 is 16.5 Å². The van der Waals surface area contributed by atoms with E-state index in [1.807, 2.05) is 6.08 Å². The van der Waals surface area contributed by atoms with Crippen LogP contribution in [-0.2, 0) is 13.0 Å². The van der Waals surface area contributed by atoms with Gasteiger partial charge in [0.2, 0.25) is 0 Å². The predicted molar refractivity (Wildman–Crippen MR) is 86.8 cm³/mol. The number of halogens is 1. The molecule has 0 atom stereocenters. The predicted octanol–water partition coefficient (Wildman–Crippen LogP) is 4.19. The quantitative estimate of drug-likeness (QED) is 0.836. The van der Waals surface area contributed by atoms with Gasteiger partial charge in [0.05, 0.1) is 5.52 Å². The second kappa shape index (κ2) is 5.86. The molecule has 0 radical (unpaired) electrons. The Bertz CT molecular complexity index is 722. The van der Waals surface area contributed by atoms with Gasteiger partial charge in [0.25, 0.3) is 0 Å². The lowest BCUT2D eigenvalue weighted by molar-refractivity contribution is 0.634. The van der Waals surface area contributed by atoms with E-state index in [0.717, 1.165) is 36.9 Å². The summed E-state index contributed by atoms with van der Waals surface area (Å²) in [5, 5.41) is 1.20. The second-order valence-electron chi connectivity index (χ2n) is 5.40. The van der Waals surface area contributed by atoms with Crippen molar-refractivity contribution in [1.82, 2.24) is 4.57 Å². The molecule has 110 valence electrons. The van der Waals surface area contributed by atoms with Gasteiger partial charge in [-0.05, 0) is 44.4 Å². The van der Waals surface area contributed by atoms with Gasteiger partial charge in [0.1, 0.15) is 5.83 Å². The zero-order valence-electron chi connectivity index (χ0n) is 12.4. The van der Waals surface area contributed by atoms with Crippen LogP contribution in [0.3, 0.4) is 0 Å². The molecule has 0 saturated carbocycles. The Kier molecular flexibility index (Phi) is 3.93. The van der Waals surface area contributed by atoms with Crippen LogP contribution in [0.5, 0.6) is 0 Å². The first-order valence-corrected chi connectivity index (χ1v) is 7.59. The molecule has 4 rings (SSSR count). The average Bonchev–Trinajstić information content (AvgIpc) is 2.91. The minimum absolute atomic E-state index is 0.0602. The van der Waals surface area contributed by atoms with Gasteiger partial charge in [-0.1, -0.05) is 24.3 Å². The molecule has 0 unspecified atom stereocenters. The van der Waals surface area contributed by atoms with E-state index in [1.54, 1.807) is 6.08 Å². The topological polar surface area (TPSA) is 30.9 Å². The van der Waals surface area contributed by atoms with Gasteiger partial charge in [0, 0.05) is 29.3 Å². The first-order chi connectivity index (χ1) is 10.3. The lowest BCUT2D eigenvalue weighted by atomic mass is 9.96. The minimum Gasteiger partial charge on any atom is -0.347 e. The summed E-state index contributed by atoms with van der Waals surface area (Å²) in [4.78, 5) is 0. The molecule has 2 aliphatic rings. The number of aromatic nitrogens is 1. The molecule has 1 aliphatic heterocycles. The van der Waals surface area contributed by atoms with Crippen molar-refractivity contribution < 1.29 is 4.39 Å². The molecule has 1 aromatic heterocycles. The molecule has 0 fully saturated rings. The average molecular weight is 284 g/mol. The third-order valence-corrected chi connectivity index (χ3v) is 4.21. The third kappa shape index (κ3) is 2.32. The Morgan fingerprint density at radius 2 is 1.95 bits per heavy atom. The number of nitrogens with zero attached hydrogens (tertiary/aromatic N) is 1. The van der Waals surface area contributed by atoms with E-state index in [1.165, 1.54) is 29.9 Å². The Morgan fingerprint density at radius 1 is 1.14 bits per heavy atom. The van der Waals surface area contributed by atoms with Gasteiger partial charge in [-0.2, -0.15) is 0 Å². The van der Waals surface area contributed by atoms with Gasteiger partial charge >= 0.3 is 0 Å². The number of hydrogen-bond donors (Lipinski definition) is 1. The second-order valence-corrected chi connectivity index (χ2v) is 5.40. The number of nitrogens with two attached hydrogens (primary N) is 1. The van der Waals surface area contributed by atoms with Crippen LogP contribution < -0.4 is 5.73 Å². The molecule has 0 bridgehead atoms. The summed E-state index contributed by atoms with van der Waals surface area (Å²) in [6, 6.07) is 6.42. The molecule has 2 aromatic rings. The molecular weight excluding hydrogens is 263 g/mol. The van der Waals surface area contributed by atoms with E-state index in [9.17, 15) is 4.39 Å². The molecule has 1 aromatic carbocycles. The molecule has 2 nitrogen and oxygen atoms in total. The summed E-state index contributed by atoms with van der Waals surface area (Å²) in [5.41, 5.74) is 9.06. The Balaban J connectivity index is 0.000000636. The first kappa shape index (κ1) is 14.1. The van der Waals surface area contributed by atoms with Crippen molar-refractivity contribution in [2.75, 3.05) is 7.05 Å². The molecule has 3 heteroatoms. The first-order valence-electron chi connectivity index (χ1n) is 7.59. The highest BCUT2D eigenvalue weighted by molar-refractivity contribution is 5.98. The summed E-state index contributed by atoms with van der Waals surface area (Å²) >= 11 is 0. The summed E-state index contributed by atoms with van der Waals surface area (Å²) in [6.45, 7) is 1.05. The summed E-state index contributed by atoms with van der Waals surface area (Å²) in [7, 11) is 1.50. The number of para-hydroxylation sites is 1. The van der Waals surface area contributed by atoms with Crippen LogP contribution >= 0.6 is 0 Å². The molecule has 2 heterocycles. The van der Waals surface area contributed by atoms with E-state index < -0.39 is 0 Å². The molecular formula is C18H21FN2. The zero-order chi connectivity index (χ0) is 14.8. The van der Waals surface area contributed by atoms with Gasteiger partial charge in [-0.25, -0.2) is 4.39 Å². The zero-order valence-corrected chi connectivity index (χ0v) is 12.4. The van der Waals surface area contributed by atoms with Crippen LogP contribution in [-0.4, -0.2) is 11.6 Å². The number of benzene rings is 1. The van der Waals surface area contributed by atoms with Crippen molar-refractivity contribution in [2.45, 2.75) is 32.2 Å². The third-order valence-electron chi connectivity index (χ3n) is 4.21. The van der Waals surface area contributed by atoms with Gasteiger partial charge in [-0.15, -0.1) is 0 Å². The van der Waals surface area contributed by atoms with E-state index in [0.29, 0.717) is 0 Å². The van der Waals surface area contributed by atoms with Crippen LogP contribution in [0.2, 0.25) is 0 Å². The fourth-order valence-electron chi connectivity index (χ4n) is 3.35. The smallest absolute Gasteiger partial charge is 0.126 e. The van der Waals surface area contributed by atoms with Crippen LogP contribution in [0.25, 0.3) is 16.5 Å². The van der Waals surface area contributed by atoms with Gasteiger partial charge < -0.3 is 10.3 Å². The highest BCUT2D eigenvalue weighted by atomic mass is 19.1. The monoisotopic (exact) mass is 284 g/mol. The van der Waals surface area contributed by atoms with Crippen molar-refractivity contribution in [3.63, 3.8) is 0 Å². The number of allylic oxidation sites excluding steroid dienone is 4. The fraction of sp³-hybridized carbons (Fsp3) is 0.333. The molecule has 2 N–H and O–H groups in total. The standard InChI is InChI=1S/C17H16FN.CH5N/c18-16-9-2-1-7-13(16)15-11-19-10-4-6-12-5-3-8-14(15)17(12)19;1-2/h3,5,7-9,11H,1-2,4,6,10H2;2H2,1H3. The Hall–Kier alpha value is -1.87. The van der Waals surface area contributed by atoms with Crippen LogP contribution in [0.4, 0.5) is 4.39 Å². The van der Waals surface area contributed by atoms with Crippen molar-refractivity contribution in [2.24, 2.45) is 5.73 Å². The maximum atomic E-state index is 14.1. The SMILES string of the molecule is CN.FC1=CCCC=C1c1cn2c3c(cccc13)CCC2. The molecule has 0 spiro atoms. The van der Waals surface area contributed by atoms with E-state index in [4.69, 9.17) is 0 Å². The van der Waals surface area contributed by atoms with Crippen LogP contribution in [0.15, 0.2) is 42.4 Å². The maximum Gasteiger partial charge on any atom is 0.126 e. The highest BCUT2D eigenvalue weighted by Crippen LogP contribution is 2.37. The lowest BCUT2D eigenvalue weighted by Gasteiger charge is -2.14. The van der Waals surface area contributed by atoms with Crippen LogP contribution in [0.1, 0.15) is 30.4 Å². The fourth-order valence-corrected chi connectivity index (χ4v) is 3.35. The molecule has 21 heavy (non-hydrogen) atoms. The van der Waals surface area contributed by atoms with Crippen molar-refractivity contribution in [3.05, 3.63) is 53.5 Å². The van der Waals surface area contributed by atoms with Crippen molar-refractivity contribution in [1.29, 1.82) is 0 Å². The van der Waals surface area contributed by atoms with Crippen molar-refractivity contribution in [3.8, 4) is 0 Å². The Morgan fingerprint density at radius 3 is 2.76 bits per heavy atom. The van der Waals surface area contributed by atoms with E-state index in [-0.39, 0.29) is 5.83 Å². The lowest BCUT2D eigenvalue weighted by Crippen LogP contribution is -2.05. The summed E-state index contributed by atoms with van der Waals surface area (Å²) in [6.07, 6.45) is 9.96. The summed E-state index contributed by atoms with van der Waals surface area (Å²) in [5.74, 6) is -0.0602. The number of aryl methyl sites for hydroxylation is 2. The Labute approximate surface area is 124 Å². The van der Waals surface area contributed by atoms with Crippen LogP contribution in [0, 0.1) is 0 Å². The number of hydrogen-bond acceptors (Lipinski definition) is 1. The van der Waals surface area contributed by atoms with Gasteiger partial charge in [0.15, 0.2) is 0 Å². The minimum atomic E-state index is -0.0602. The highest BCUT2D eigenvalue weighted by Gasteiger charge is 2.20. The largest absolute Gasteiger partial charge is 0.347 e. The van der Waals surface area contributed by atoms with Gasteiger partial charge in [-0.3, -0.25) is 0 Å². The normalized spacial score (nSPS) is 16.9. The molecule has 0 saturated heterocycles. The number of rotatable bonds is 1. The van der Waals surface area contributed by atoms with E-state index >= 15 is 0 Å².